The summed E-state index contributed by atoms with van der Waals surface area (Å²) in [5.74, 6) is -1.15. The van der Waals surface area contributed by atoms with Crippen molar-refractivity contribution in [2.24, 2.45) is 5.92 Å². The quantitative estimate of drug-likeness (QED) is 0.259. The highest BCUT2D eigenvalue weighted by molar-refractivity contribution is 6.72. The molecule has 46 heavy (non-hydrogen) atoms. The minimum Gasteiger partial charge on any atom is -0.394 e. The van der Waals surface area contributed by atoms with Crippen LogP contribution in [0.3, 0.4) is 0 Å². The standard InChI is InChI=1S/C36H40FN3O5Si/c1-23-34(46(2,3)37)31(21-33(43)38-19-9-13-27(38)22-41)45-36(23)28-20-26(39-29-14-8-7-10-24(29)15-18-32(39)42)16-17-30(28)40(35(36)44)25-11-5-4-6-12-25/h4-8,10-12,14,16-17,20,23,27,31,34,41H,9,13,15,18-19,21-22H2,1-3H3/t23-,27+,31+,34-,36+/m1/s1. The topological polar surface area (TPSA) is 90.4 Å². The number of aryl methyl sites for hydroxylation is 1. The summed E-state index contributed by atoms with van der Waals surface area (Å²) in [5, 5.41) is 9.88. The summed E-state index contributed by atoms with van der Waals surface area (Å²) >= 11 is 0. The number of hydrogen-bond acceptors (Lipinski definition) is 5. The second-order valence-corrected chi connectivity index (χ2v) is 17.4. The van der Waals surface area contributed by atoms with Crippen LogP contribution in [0.15, 0.2) is 72.8 Å². The SMILES string of the molecule is C[C@@H]1[C@@H]([Si](C)(C)F)[C@H](CC(=O)N2CCC[C@H]2CO)O[C@@]12C(=O)N(c1ccccc1)c1ccc(N3C(=O)CCc4ccccc43)cc12. The summed E-state index contributed by atoms with van der Waals surface area (Å²) in [6, 6.07) is 22.4. The molecule has 0 unspecified atom stereocenters. The van der Waals surface area contributed by atoms with Gasteiger partial charge in [0.1, 0.15) is 0 Å². The first kappa shape index (κ1) is 30.8. The summed E-state index contributed by atoms with van der Waals surface area (Å²) < 4.78 is 23.3. The van der Waals surface area contributed by atoms with Crippen molar-refractivity contribution in [1.82, 2.24) is 4.90 Å². The smallest absolute Gasteiger partial charge is 0.268 e. The third kappa shape index (κ3) is 4.72. The predicted molar refractivity (Wildman–Crippen MR) is 176 cm³/mol. The molecule has 5 atom stereocenters. The van der Waals surface area contributed by atoms with Crippen LogP contribution in [0.1, 0.15) is 43.7 Å². The second kappa shape index (κ2) is 11.4. The van der Waals surface area contributed by atoms with Gasteiger partial charge in [-0.1, -0.05) is 43.3 Å². The molecular weight excluding hydrogens is 601 g/mol. The van der Waals surface area contributed by atoms with Gasteiger partial charge in [0.25, 0.3) is 5.91 Å². The number of halogens is 1. The highest BCUT2D eigenvalue weighted by atomic mass is 28.4. The number of hydrogen-bond donors (Lipinski definition) is 1. The summed E-state index contributed by atoms with van der Waals surface area (Å²) in [5.41, 5.74) is 2.13. The molecule has 1 N–H and O–H groups in total. The zero-order valence-electron chi connectivity index (χ0n) is 26.5. The normalized spacial score (nSPS) is 27.5. The van der Waals surface area contributed by atoms with E-state index < -0.39 is 31.6 Å². The Morgan fingerprint density at radius 2 is 1.72 bits per heavy atom. The van der Waals surface area contributed by atoms with Crippen molar-refractivity contribution in [3.63, 3.8) is 0 Å². The van der Waals surface area contributed by atoms with Crippen molar-refractivity contribution in [1.29, 1.82) is 0 Å². The molecule has 0 aromatic heterocycles. The van der Waals surface area contributed by atoms with E-state index >= 15 is 4.11 Å². The molecule has 1 spiro atoms. The van der Waals surface area contributed by atoms with E-state index in [1.165, 1.54) is 0 Å². The Morgan fingerprint density at radius 3 is 2.46 bits per heavy atom. The van der Waals surface area contributed by atoms with E-state index in [4.69, 9.17) is 4.74 Å². The van der Waals surface area contributed by atoms with Crippen molar-refractivity contribution in [3.05, 3.63) is 83.9 Å². The molecule has 3 amide bonds. The fourth-order valence-corrected chi connectivity index (χ4v) is 11.0. The lowest BCUT2D eigenvalue weighted by Gasteiger charge is -2.32. The first-order chi connectivity index (χ1) is 22.1. The lowest BCUT2D eigenvalue weighted by atomic mass is 9.82. The zero-order chi connectivity index (χ0) is 32.4. The van der Waals surface area contributed by atoms with Crippen molar-refractivity contribution in [2.45, 2.75) is 75.4 Å². The van der Waals surface area contributed by atoms with Gasteiger partial charge >= 0.3 is 0 Å². The lowest BCUT2D eigenvalue weighted by Crippen LogP contribution is -2.44. The van der Waals surface area contributed by atoms with Gasteiger partial charge in [-0.3, -0.25) is 24.2 Å². The van der Waals surface area contributed by atoms with Crippen molar-refractivity contribution in [3.8, 4) is 0 Å². The predicted octanol–water partition coefficient (Wildman–Crippen LogP) is 6.12. The molecule has 2 fully saturated rings. The summed E-state index contributed by atoms with van der Waals surface area (Å²) in [6.07, 6.45) is 1.64. The van der Waals surface area contributed by atoms with Gasteiger partial charge in [-0.25, -0.2) is 0 Å². The number of likely N-dealkylation sites (tertiary alicyclic amines) is 1. The van der Waals surface area contributed by atoms with Crippen LogP contribution in [0.5, 0.6) is 0 Å². The van der Waals surface area contributed by atoms with E-state index in [9.17, 15) is 19.5 Å². The maximum absolute atomic E-state index is 16.4. The highest BCUT2D eigenvalue weighted by Crippen LogP contribution is 2.62. The molecule has 4 heterocycles. The molecule has 8 nitrogen and oxygen atoms in total. The molecule has 0 bridgehead atoms. The number of para-hydroxylation sites is 2. The van der Waals surface area contributed by atoms with Crippen LogP contribution < -0.4 is 9.80 Å². The van der Waals surface area contributed by atoms with Gasteiger partial charge in [-0.2, -0.15) is 0 Å². The van der Waals surface area contributed by atoms with E-state index in [-0.39, 0.29) is 36.8 Å². The van der Waals surface area contributed by atoms with Crippen molar-refractivity contribution >= 4 is 48.9 Å². The highest BCUT2D eigenvalue weighted by Gasteiger charge is 2.67. The Kier molecular flexibility index (Phi) is 7.65. The summed E-state index contributed by atoms with van der Waals surface area (Å²) in [4.78, 5) is 47.0. The molecule has 240 valence electrons. The number of aliphatic hydroxyl groups is 1. The lowest BCUT2D eigenvalue weighted by molar-refractivity contribution is -0.149. The maximum Gasteiger partial charge on any atom is 0.268 e. The fourth-order valence-electron chi connectivity index (χ4n) is 8.49. The van der Waals surface area contributed by atoms with E-state index in [0.29, 0.717) is 42.0 Å². The maximum atomic E-state index is 16.4. The zero-order valence-corrected chi connectivity index (χ0v) is 27.5. The number of nitrogens with zero attached hydrogens (tertiary/aromatic N) is 3. The number of carbonyl (C=O) groups excluding carboxylic acids is 3. The van der Waals surface area contributed by atoms with E-state index in [0.717, 1.165) is 24.1 Å². The average Bonchev–Trinajstić information content (AvgIpc) is 3.70. The molecule has 4 aliphatic rings. The van der Waals surface area contributed by atoms with Gasteiger partial charge < -0.3 is 18.9 Å². The molecule has 0 saturated carbocycles. The first-order valence-corrected chi connectivity index (χ1v) is 19.2. The van der Waals surface area contributed by atoms with Crippen LogP contribution in [0.25, 0.3) is 0 Å². The number of benzene rings is 3. The fraction of sp³-hybridized carbons (Fsp3) is 0.417. The monoisotopic (exact) mass is 641 g/mol. The molecular formula is C36H40FN3O5Si. The minimum atomic E-state index is -3.51. The van der Waals surface area contributed by atoms with Gasteiger partial charge in [0, 0.05) is 41.4 Å². The largest absolute Gasteiger partial charge is 0.394 e. The van der Waals surface area contributed by atoms with E-state index in [2.05, 4.69) is 0 Å². The van der Waals surface area contributed by atoms with Gasteiger partial charge in [0.05, 0.1) is 36.5 Å². The van der Waals surface area contributed by atoms with Crippen LogP contribution in [0, 0.1) is 5.92 Å². The Balaban J connectivity index is 1.36. The third-order valence-electron chi connectivity index (χ3n) is 10.5. The van der Waals surface area contributed by atoms with Crippen LogP contribution in [-0.4, -0.2) is 61.4 Å². The van der Waals surface area contributed by atoms with Gasteiger partial charge in [-0.15, -0.1) is 0 Å². The second-order valence-electron chi connectivity index (χ2n) is 13.6. The number of anilines is 4. The molecule has 4 aliphatic heterocycles. The summed E-state index contributed by atoms with van der Waals surface area (Å²) in [7, 11) is -3.51. The molecule has 0 radical (unpaired) electrons. The molecule has 7 rings (SSSR count). The third-order valence-corrected chi connectivity index (χ3v) is 13.0. The van der Waals surface area contributed by atoms with Gasteiger partial charge in [-0.05, 0) is 74.3 Å². The molecule has 2 saturated heterocycles. The molecule has 10 heteroatoms. The Hall–Kier alpha value is -3.86. The number of rotatable bonds is 6. The van der Waals surface area contributed by atoms with E-state index in [1.54, 1.807) is 27.8 Å². The Labute approximate surface area is 269 Å². The van der Waals surface area contributed by atoms with Crippen molar-refractivity contribution < 1.29 is 28.3 Å². The van der Waals surface area contributed by atoms with Crippen LogP contribution in [-0.2, 0) is 31.1 Å². The molecule has 3 aromatic rings. The van der Waals surface area contributed by atoms with Crippen LogP contribution >= 0.6 is 0 Å². The van der Waals surface area contributed by atoms with E-state index in [1.807, 2.05) is 79.7 Å². The van der Waals surface area contributed by atoms with Crippen molar-refractivity contribution in [2.75, 3.05) is 23.0 Å². The first-order valence-electron chi connectivity index (χ1n) is 16.3. The number of ether oxygens (including phenoxy) is 1. The number of aliphatic hydroxyl groups excluding tert-OH is 1. The molecule has 3 aromatic carbocycles. The average molecular weight is 642 g/mol. The number of carbonyl (C=O) groups is 3. The minimum absolute atomic E-state index is 0.0416. The summed E-state index contributed by atoms with van der Waals surface area (Å²) in [6.45, 7) is 5.53. The van der Waals surface area contributed by atoms with Crippen LogP contribution in [0.4, 0.5) is 26.9 Å². The molecule has 0 aliphatic carbocycles. The van der Waals surface area contributed by atoms with Crippen LogP contribution in [0.2, 0.25) is 18.6 Å². The number of amides is 3. The Bertz CT molecular complexity index is 1700. The van der Waals surface area contributed by atoms with Gasteiger partial charge in [0.2, 0.25) is 20.2 Å². The Morgan fingerprint density at radius 1 is 0.978 bits per heavy atom. The van der Waals surface area contributed by atoms with Gasteiger partial charge in [0.15, 0.2) is 5.60 Å². The number of fused-ring (bicyclic) bond motifs is 3.